The van der Waals surface area contributed by atoms with Crippen LogP contribution in [0.3, 0.4) is 0 Å². The fourth-order valence-electron chi connectivity index (χ4n) is 3.07. The van der Waals surface area contributed by atoms with Crippen LogP contribution in [-0.2, 0) is 17.8 Å². The van der Waals surface area contributed by atoms with E-state index in [1.54, 1.807) is 30.0 Å². The number of benzene rings is 1. The zero-order valence-electron chi connectivity index (χ0n) is 16.6. The Kier molecular flexibility index (Phi) is 7.43. The first kappa shape index (κ1) is 20.6. The highest BCUT2D eigenvalue weighted by atomic mass is 16.5. The molecule has 2 heterocycles. The van der Waals surface area contributed by atoms with Gasteiger partial charge in [-0.05, 0) is 25.0 Å². The van der Waals surface area contributed by atoms with Crippen molar-refractivity contribution in [2.45, 2.75) is 38.6 Å². The van der Waals surface area contributed by atoms with Gasteiger partial charge in [0.2, 0.25) is 5.91 Å². The number of nitrogens with one attached hydrogen (secondary N) is 2. The van der Waals surface area contributed by atoms with Gasteiger partial charge in [0.05, 0.1) is 25.0 Å². The number of hydrogen-bond acceptors (Lipinski definition) is 6. The monoisotopic (exact) mass is 401 g/mol. The Morgan fingerprint density at radius 3 is 2.76 bits per heavy atom. The SMILES string of the molecule is COc1cccc2c1OCCCn1cc(nn1)CCC(=O)NCCCCNC2=O. The van der Waals surface area contributed by atoms with Crippen LogP contribution in [0.5, 0.6) is 11.5 Å². The number of amides is 2. The van der Waals surface area contributed by atoms with E-state index in [0.717, 1.165) is 18.5 Å². The third-order valence-corrected chi connectivity index (χ3v) is 4.63. The zero-order valence-corrected chi connectivity index (χ0v) is 16.6. The molecular formula is C20H27N5O4. The maximum Gasteiger partial charge on any atom is 0.255 e. The van der Waals surface area contributed by atoms with E-state index in [2.05, 4.69) is 20.9 Å². The molecule has 1 aliphatic rings. The zero-order chi connectivity index (χ0) is 20.5. The Hall–Kier alpha value is -3.10. The average molecular weight is 401 g/mol. The molecule has 0 saturated heterocycles. The second-order valence-corrected chi connectivity index (χ2v) is 6.82. The number of para-hydroxylation sites is 1. The molecule has 2 N–H and O–H groups in total. The van der Waals surface area contributed by atoms with Crippen molar-refractivity contribution in [2.75, 3.05) is 26.8 Å². The number of nitrogens with zero attached hydrogens (tertiary/aromatic N) is 3. The quantitative estimate of drug-likeness (QED) is 0.747. The van der Waals surface area contributed by atoms with Gasteiger partial charge < -0.3 is 20.1 Å². The molecule has 0 atom stereocenters. The number of rotatable bonds is 1. The van der Waals surface area contributed by atoms with E-state index >= 15 is 0 Å². The minimum Gasteiger partial charge on any atom is -0.493 e. The lowest BCUT2D eigenvalue weighted by Gasteiger charge is -2.15. The van der Waals surface area contributed by atoms with Crippen LogP contribution in [0.15, 0.2) is 24.4 Å². The molecule has 0 radical (unpaired) electrons. The topological polar surface area (TPSA) is 107 Å². The van der Waals surface area contributed by atoms with Gasteiger partial charge in [-0.25, -0.2) is 0 Å². The number of methoxy groups -OCH3 is 1. The van der Waals surface area contributed by atoms with E-state index in [9.17, 15) is 9.59 Å². The first-order valence-electron chi connectivity index (χ1n) is 9.91. The number of ether oxygens (including phenoxy) is 2. The Labute approximate surface area is 169 Å². The van der Waals surface area contributed by atoms with Crippen molar-refractivity contribution in [2.24, 2.45) is 0 Å². The molecule has 9 heteroatoms. The van der Waals surface area contributed by atoms with Gasteiger partial charge in [0.1, 0.15) is 0 Å². The minimum atomic E-state index is -0.207. The first-order chi connectivity index (χ1) is 14.2. The highest BCUT2D eigenvalue weighted by molar-refractivity contribution is 5.97. The smallest absolute Gasteiger partial charge is 0.255 e. The van der Waals surface area contributed by atoms with Crippen LogP contribution in [0.4, 0.5) is 0 Å². The molecule has 0 aliphatic carbocycles. The van der Waals surface area contributed by atoms with Gasteiger partial charge in [-0.3, -0.25) is 14.3 Å². The van der Waals surface area contributed by atoms with Crippen molar-refractivity contribution in [3.8, 4) is 11.5 Å². The van der Waals surface area contributed by atoms with Crippen molar-refractivity contribution >= 4 is 11.8 Å². The lowest BCUT2D eigenvalue weighted by molar-refractivity contribution is -0.121. The number of carbonyl (C=O) groups is 2. The Bertz CT molecular complexity index is 836. The molecule has 2 amide bonds. The summed E-state index contributed by atoms with van der Waals surface area (Å²) in [4.78, 5) is 24.5. The summed E-state index contributed by atoms with van der Waals surface area (Å²) in [6.45, 7) is 2.12. The number of aryl methyl sites for hydroxylation is 2. The third kappa shape index (κ3) is 5.94. The molecule has 1 aromatic heterocycles. The van der Waals surface area contributed by atoms with E-state index in [1.807, 2.05) is 6.20 Å². The second kappa shape index (κ2) is 10.4. The molecule has 29 heavy (non-hydrogen) atoms. The van der Waals surface area contributed by atoms with Crippen LogP contribution in [0.1, 0.15) is 41.7 Å². The summed E-state index contributed by atoms with van der Waals surface area (Å²) in [5, 5.41) is 14.0. The van der Waals surface area contributed by atoms with Gasteiger partial charge in [0.25, 0.3) is 5.91 Å². The number of hydrogen-bond donors (Lipinski definition) is 2. The first-order valence-corrected chi connectivity index (χ1v) is 9.91. The molecule has 2 bridgehead atoms. The predicted molar refractivity (Wildman–Crippen MR) is 106 cm³/mol. The summed E-state index contributed by atoms with van der Waals surface area (Å²) < 4.78 is 13.0. The van der Waals surface area contributed by atoms with Gasteiger partial charge in [-0.2, -0.15) is 0 Å². The van der Waals surface area contributed by atoms with Crippen molar-refractivity contribution < 1.29 is 19.1 Å². The Morgan fingerprint density at radius 2 is 1.93 bits per heavy atom. The highest BCUT2D eigenvalue weighted by Crippen LogP contribution is 2.31. The van der Waals surface area contributed by atoms with Crippen LogP contribution in [0, 0.1) is 0 Å². The summed E-state index contributed by atoms with van der Waals surface area (Å²) in [7, 11) is 1.55. The van der Waals surface area contributed by atoms with Gasteiger partial charge >= 0.3 is 0 Å². The van der Waals surface area contributed by atoms with Crippen LogP contribution in [0.25, 0.3) is 0 Å². The summed E-state index contributed by atoms with van der Waals surface area (Å²) in [5.74, 6) is 0.754. The molecule has 0 fully saturated rings. The van der Waals surface area contributed by atoms with E-state index < -0.39 is 0 Å². The standard InChI is InChI=1S/C20H27N5O4/c1-28-17-7-4-6-16-19(17)29-13-5-12-25-14-15(23-24-25)8-9-18(26)21-10-2-3-11-22-20(16)27/h4,6-7,14H,2-3,5,8-13H2,1H3,(H,21,26)(H,22,27). The maximum absolute atomic E-state index is 12.6. The second-order valence-electron chi connectivity index (χ2n) is 6.82. The molecule has 0 unspecified atom stereocenters. The fraction of sp³-hybridized carbons (Fsp3) is 0.500. The fourth-order valence-corrected chi connectivity index (χ4v) is 3.07. The summed E-state index contributed by atoms with van der Waals surface area (Å²) in [6.07, 6.45) is 5.02. The molecule has 3 rings (SSSR count). The lowest BCUT2D eigenvalue weighted by atomic mass is 10.1. The van der Waals surface area contributed by atoms with Crippen molar-refractivity contribution in [1.82, 2.24) is 25.6 Å². The third-order valence-electron chi connectivity index (χ3n) is 4.63. The van der Waals surface area contributed by atoms with Crippen LogP contribution < -0.4 is 20.1 Å². The van der Waals surface area contributed by atoms with Gasteiger partial charge in [0, 0.05) is 45.1 Å². The van der Waals surface area contributed by atoms with E-state index in [0.29, 0.717) is 62.6 Å². The van der Waals surface area contributed by atoms with Crippen molar-refractivity contribution in [3.63, 3.8) is 0 Å². The lowest BCUT2D eigenvalue weighted by Crippen LogP contribution is -2.27. The maximum atomic E-state index is 12.6. The summed E-state index contributed by atoms with van der Waals surface area (Å²) in [6, 6.07) is 5.26. The van der Waals surface area contributed by atoms with E-state index in [4.69, 9.17) is 9.47 Å². The molecular weight excluding hydrogens is 374 g/mol. The number of fused-ring (bicyclic) bond motifs is 3. The van der Waals surface area contributed by atoms with E-state index in [-0.39, 0.29) is 11.8 Å². The molecule has 0 spiro atoms. The summed E-state index contributed by atoms with van der Waals surface area (Å²) in [5.41, 5.74) is 1.24. The van der Waals surface area contributed by atoms with Crippen LogP contribution in [-0.4, -0.2) is 53.6 Å². The largest absolute Gasteiger partial charge is 0.493 e. The molecule has 1 aliphatic heterocycles. The Balaban J connectivity index is 1.71. The van der Waals surface area contributed by atoms with E-state index in [1.165, 1.54) is 0 Å². The summed E-state index contributed by atoms with van der Waals surface area (Å²) >= 11 is 0. The van der Waals surface area contributed by atoms with Gasteiger partial charge in [-0.1, -0.05) is 11.3 Å². The van der Waals surface area contributed by atoms with Gasteiger partial charge in [-0.15, -0.1) is 5.10 Å². The average Bonchev–Trinajstić information content (AvgIpc) is 3.19. The molecule has 0 saturated carbocycles. The van der Waals surface area contributed by atoms with Gasteiger partial charge in [0.15, 0.2) is 11.5 Å². The van der Waals surface area contributed by atoms with Crippen LogP contribution in [0.2, 0.25) is 0 Å². The highest BCUT2D eigenvalue weighted by Gasteiger charge is 2.17. The molecule has 2 aromatic rings. The van der Waals surface area contributed by atoms with Crippen LogP contribution >= 0.6 is 0 Å². The minimum absolute atomic E-state index is 0.00377. The number of carbonyl (C=O) groups excluding carboxylic acids is 2. The number of aromatic nitrogens is 3. The van der Waals surface area contributed by atoms with Crippen molar-refractivity contribution in [1.29, 1.82) is 0 Å². The normalized spacial score (nSPS) is 16.9. The molecule has 1 aromatic carbocycles. The predicted octanol–water partition coefficient (Wildman–Crippen LogP) is 1.33. The van der Waals surface area contributed by atoms with Crippen molar-refractivity contribution in [3.05, 3.63) is 35.7 Å². The molecule has 9 nitrogen and oxygen atoms in total. The molecule has 156 valence electrons. The Morgan fingerprint density at radius 1 is 1.10 bits per heavy atom.